The Labute approximate surface area is 187 Å². The van der Waals surface area contributed by atoms with Gasteiger partial charge in [-0.25, -0.2) is 4.79 Å². The van der Waals surface area contributed by atoms with Crippen LogP contribution in [0.1, 0.15) is 39.7 Å². The molecule has 174 valence electrons. The minimum Gasteiger partial charge on any atom is -0.379 e. The molecule has 31 heavy (non-hydrogen) atoms. The van der Waals surface area contributed by atoms with Crippen molar-refractivity contribution in [2.75, 3.05) is 45.2 Å². The number of anilines is 1. The molecule has 1 saturated heterocycles. The van der Waals surface area contributed by atoms with Crippen LogP contribution >= 0.6 is 0 Å². The van der Waals surface area contributed by atoms with E-state index in [1.54, 1.807) is 7.05 Å². The quantitative estimate of drug-likeness (QED) is 0.356. The van der Waals surface area contributed by atoms with Gasteiger partial charge in [-0.05, 0) is 43.9 Å². The second-order valence-corrected chi connectivity index (χ2v) is 8.69. The summed E-state index contributed by atoms with van der Waals surface area (Å²) >= 11 is 0. The summed E-state index contributed by atoms with van der Waals surface area (Å²) in [6.07, 6.45) is 1.14. The maximum atomic E-state index is 11.8. The van der Waals surface area contributed by atoms with Gasteiger partial charge in [0.25, 0.3) is 0 Å². The van der Waals surface area contributed by atoms with Crippen molar-refractivity contribution in [1.29, 1.82) is 0 Å². The number of benzene rings is 1. The Morgan fingerprint density at radius 3 is 2.35 bits per heavy atom. The lowest BCUT2D eigenvalue weighted by Gasteiger charge is -2.35. The average molecular weight is 433 g/mol. The van der Waals surface area contributed by atoms with Crippen molar-refractivity contribution in [2.24, 2.45) is 10.9 Å². The van der Waals surface area contributed by atoms with Crippen LogP contribution in [0.4, 0.5) is 10.5 Å². The molecule has 0 saturated carbocycles. The largest absolute Gasteiger partial charge is 0.379 e. The molecule has 1 heterocycles. The minimum absolute atomic E-state index is 0.103. The van der Waals surface area contributed by atoms with Crippen molar-refractivity contribution >= 4 is 17.7 Å². The van der Waals surface area contributed by atoms with Gasteiger partial charge in [0.05, 0.1) is 13.2 Å². The number of nitrogens with one attached hydrogen (secondary N) is 4. The smallest absolute Gasteiger partial charge is 0.319 e. The van der Waals surface area contributed by atoms with E-state index in [-0.39, 0.29) is 12.1 Å². The first-order chi connectivity index (χ1) is 14.9. The van der Waals surface area contributed by atoms with E-state index in [0.29, 0.717) is 18.5 Å². The number of morpholine rings is 1. The molecule has 1 unspecified atom stereocenters. The number of guanidine groups is 1. The van der Waals surface area contributed by atoms with E-state index >= 15 is 0 Å². The van der Waals surface area contributed by atoms with Crippen LogP contribution in [0.25, 0.3) is 0 Å². The van der Waals surface area contributed by atoms with Gasteiger partial charge < -0.3 is 26.0 Å². The van der Waals surface area contributed by atoms with Gasteiger partial charge in [-0.15, -0.1) is 0 Å². The van der Waals surface area contributed by atoms with Gasteiger partial charge >= 0.3 is 6.03 Å². The predicted molar refractivity (Wildman–Crippen MR) is 128 cm³/mol. The van der Waals surface area contributed by atoms with Gasteiger partial charge in [0, 0.05) is 51.0 Å². The van der Waals surface area contributed by atoms with Crippen LogP contribution in [0.15, 0.2) is 29.3 Å². The molecule has 1 fully saturated rings. The molecule has 2 amide bonds. The summed E-state index contributed by atoms with van der Waals surface area (Å²) in [7, 11) is 1.79. The van der Waals surface area contributed by atoms with Crippen LogP contribution in [0.5, 0.6) is 0 Å². The highest BCUT2D eigenvalue weighted by Crippen LogP contribution is 2.13. The van der Waals surface area contributed by atoms with E-state index < -0.39 is 0 Å². The molecular formula is C23H40N6O2. The van der Waals surface area contributed by atoms with Gasteiger partial charge in [0.1, 0.15) is 0 Å². The Hall–Kier alpha value is -2.32. The molecule has 0 aliphatic carbocycles. The molecule has 1 aromatic carbocycles. The van der Waals surface area contributed by atoms with Crippen LogP contribution in [0, 0.1) is 5.92 Å². The molecule has 0 bridgehead atoms. The number of rotatable bonds is 9. The van der Waals surface area contributed by atoms with E-state index in [2.05, 4.69) is 45.0 Å². The Morgan fingerprint density at radius 2 is 1.77 bits per heavy atom. The second kappa shape index (κ2) is 13.2. The SMILES string of the molecule is CN=C(NCc1ccc(NC(=O)NC(C)C)cc1)NCC(CC(C)C)N1CCOCC1. The monoisotopic (exact) mass is 432 g/mol. The molecular weight excluding hydrogens is 392 g/mol. The fourth-order valence-corrected chi connectivity index (χ4v) is 3.60. The van der Waals surface area contributed by atoms with E-state index in [1.165, 1.54) is 0 Å². The van der Waals surface area contributed by atoms with Crippen LogP contribution in [0.2, 0.25) is 0 Å². The summed E-state index contributed by atoms with van der Waals surface area (Å²) in [5, 5.41) is 12.5. The minimum atomic E-state index is -0.193. The number of amides is 2. The van der Waals surface area contributed by atoms with Gasteiger partial charge in [0.15, 0.2) is 5.96 Å². The van der Waals surface area contributed by atoms with Crippen LogP contribution in [0.3, 0.4) is 0 Å². The lowest BCUT2D eigenvalue weighted by Crippen LogP contribution is -2.50. The summed E-state index contributed by atoms with van der Waals surface area (Å²) < 4.78 is 5.51. The first-order valence-corrected chi connectivity index (χ1v) is 11.3. The molecule has 0 spiro atoms. The summed E-state index contributed by atoms with van der Waals surface area (Å²) in [5.41, 5.74) is 1.89. The van der Waals surface area contributed by atoms with Crippen molar-refractivity contribution in [3.05, 3.63) is 29.8 Å². The third-order valence-electron chi connectivity index (χ3n) is 5.13. The number of urea groups is 1. The molecule has 4 N–H and O–H groups in total. The first kappa shape index (κ1) is 24.9. The van der Waals surface area contributed by atoms with Gasteiger partial charge in [-0.1, -0.05) is 26.0 Å². The molecule has 1 aromatic rings. The highest BCUT2D eigenvalue weighted by Gasteiger charge is 2.22. The average Bonchev–Trinajstić information content (AvgIpc) is 2.73. The zero-order valence-electron chi connectivity index (χ0n) is 19.7. The van der Waals surface area contributed by atoms with Crippen molar-refractivity contribution in [3.63, 3.8) is 0 Å². The lowest BCUT2D eigenvalue weighted by molar-refractivity contribution is 0.0132. The summed E-state index contributed by atoms with van der Waals surface area (Å²) in [5.74, 6) is 1.43. The normalized spacial score (nSPS) is 16.3. The topological polar surface area (TPSA) is 90.0 Å². The molecule has 1 aliphatic heterocycles. The number of nitrogens with zero attached hydrogens (tertiary/aromatic N) is 2. The molecule has 0 radical (unpaired) electrons. The number of aliphatic imine (C=N–C) groups is 1. The first-order valence-electron chi connectivity index (χ1n) is 11.3. The fourth-order valence-electron chi connectivity index (χ4n) is 3.60. The van der Waals surface area contributed by atoms with Crippen LogP contribution in [-0.4, -0.2) is 68.9 Å². The Morgan fingerprint density at radius 1 is 1.10 bits per heavy atom. The second-order valence-electron chi connectivity index (χ2n) is 8.69. The zero-order valence-corrected chi connectivity index (χ0v) is 19.7. The standard InChI is InChI=1S/C23H40N6O2/c1-17(2)14-21(29-10-12-31-13-11-29)16-26-22(24-5)25-15-19-6-8-20(9-7-19)28-23(30)27-18(3)4/h6-9,17-18,21H,10-16H2,1-5H3,(H2,24,25,26)(H2,27,28,30). The maximum absolute atomic E-state index is 11.8. The third-order valence-corrected chi connectivity index (χ3v) is 5.13. The third kappa shape index (κ3) is 9.57. The van der Waals surface area contributed by atoms with Gasteiger partial charge in [-0.3, -0.25) is 9.89 Å². The van der Waals surface area contributed by atoms with E-state index in [1.807, 2.05) is 38.1 Å². The van der Waals surface area contributed by atoms with Crippen molar-refractivity contribution < 1.29 is 9.53 Å². The molecule has 8 heteroatoms. The molecule has 1 aliphatic rings. The van der Waals surface area contributed by atoms with E-state index in [0.717, 1.165) is 56.5 Å². The molecule has 8 nitrogen and oxygen atoms in total. The van der Waals surface area contributed by atoms with Gasteiger partial charge in [0.2, 0.25) is 0 Å². The Kier molecular flexibility index (Phi) is 10.6. The zero-order chi connectivity index (χ0) is 22.6. The fraction of sp³-hybridized carbons (Fsp3) is 0.652. The Bertz CT molecular complexity index is 684. The Balaban J connectivity index is 1.82. The highest BCUT2D eigenvalue weighted by molar-refractivity contribution is 5.89. The molecule has 2 rings (SSSR count). The summed E-state index contributed by atoms with van der Waals surface area (Å²) in [6, 6.07) is 8.19. The number of hydrogen-bond donors (Lipinski definition) is 4. The number of hydrogen-bond acceptors (Lipinski definition) is 4. The summed E-state index contributed by atoms with van der Waals surface area (Å²) in [6.45, 7) is 13.5. The molecule has 0 aromatic heterocycles. The van der Waals surface area contributed by atoms with Crippen LogP contribution < -0.4 is 21.3 Å². The van der Waals surface area contributed by atoms with Crippen LogP contribution in [-0.2, 0) is 11.3 Å². The highest BCUT2D eigenvalue weighted by atomic mass is 16.5. The maximum Gasteiger partial charge on any atom is 0.319 e. The predicted octanol–water partition coefficient (Wildman–Crippen LogP) is 2.63. The number of carbonyl (C=O) groups is 1. The number of carbonyl (C=O) groups excluding carboxylic acids is 1. The molecule has 1 atom stereocenters. The van der Waals surface area contributed by atoms with Gasteiger partial charge in [-0.2, -0.15) is 0 Å². The number of ether oxygens (including phenoxy) is 1. The van der Waals surface area contributed by atoms with Crippen molar-refractivity contribution in [1.82, 2.24) is 20.9 Å². The van der Waals surface area contributed by atoms with E-state index in [4.69, 9.17) is 4.74 Å². The van der Waals surface area contributed by atoms with E-state index in [9.17, 15) is 4.79 Å². The van der Waals surface area contributed by atoms with Crippen molar-refractivity contribution in [3.8, 4) is 0 Å². The lowest BCUT2D eigenvalue weighted by atomic mass is 10.0. The van der Waals surface area contributed by atoms with Crippen molar-refractivity contribution in [2.45, 2.75) is 52.7 Å². The summed E-state index contributed by atoms with van der Waals surface area (Å²) in [4.78, 5) is 18.7.